The first-order chi connectivity index (χ1) is 15.2. The van der Waals surface area contributed by atoms with Gasteiger partial charge in [0.15, 0.2) is 12.4 Å². The smallest absolute Gasteiger partial charge is 0.331 e. The van der Waals surface area contributed by atoms with E-state index in [1.54, 1.807) is 12.1 Å². The molecular weight excluding hydrogens is 477 g/mol. The predicted molar refractivity (Wildman–Crippen MR) is 120 cm³/mol. The van der Waals surface area contributed by atoms with Crippen LogP contribution in [0.25, 0.3) is 6.08 Å². The summed E-state index contributed by atoms with van der Waals surface area (Å²) in [5.74, 6) is -0.665. The quantitative estimate of drug-likeness (QED) is 0.267. The van der Waals surface area contributed by atoms with Gasteiger partial charge in [-0.2, -0.15) is 0 Å². The Hall–Kier alpha value is -2.91. The number of esters is 1. The molecule has 166 valence electrons. The molecule has 2 aromatic carbocycles. The van der Waals surface area contributed by atoms with E-state index >= 15 is 0 Å². The average Bonchev–Trinajstić information content (AvgIpc) is 3.30. The molecule has 1 heterocycles. The maximum atomic E-state index is 12.3. The van der Waals surface area contributed by atoms with E-state index in [1.165, 1.54) is 54.8 Å². The third kappa shape index (κ3) is 6.54. The van der Waals surface area contributed by atoms with Crippen molar-refractivity contribution in [3.8, 4) is 0 Å². The Morgan fingerprint density at radius 1 is 1.03 bits per heavy atom. The van der Waals surface area contributed by atoms with Gasteiger partial charge < -0.3 is 9.15 Å². The minimum Gasteiger partial charge on any atom is -0.468 e. The number of rotatable bonds is 9. The number of halogens is 2. The molecular formula is C22H17Cl2NO6S. The zero-order valence-electron chi connectivity index (χ0n) is 16.5. The Kier molecular flexibility index (Phi) is 7.87. The predicted octanol–water partition coefficient (Wildman–Crippen LogP) is 4.50. The molecule has 7 nitrogen and oxygen atoms in total. The van der Waals surface area contributed by atoms with E-state index < -0.39 is 28.4 Å². The Labute approximate surface area is 194 Å². The molecule has 3 aromatic rings. The summed E-state index contributed by atoms with van der Waals surface area (Å²) >= 11 is 11.7. The highest BCUT2D eigenvalue weighted by Gasteiger charge is 2.14. The summed E-state index contributed by atoms with van der Waals surface area (Å²) in [5, 5.41) is 0.542. The van der Waals surface area contributed by atoms with E-state index in [9.17, 15) is 18.0 Å². The fraction of sp³-hybridized carbons (Fsp3) is 0.0909. The van der Waals surface area contributed by atoms with Crippen LogP contribution in [0.2, 0.25) is 10.0 Å². The number of nitrogens with one attached hydrogen (secondary N) is 1. The van der Waals surface area contributed by atoms with Gasteiger partial charge in [0, 0.05) is 11.6 Å². The van der Waals surface area contributed by atoms with Gasteiger partial charge in [0.1, 0.15) is 5.76 Å². The molecule has 0 amide bonds. The van der Waals surface area contributed by atoms with Gasteiger partial charge in [-0.3, -0.25) is 4.79 Å². The summed E-state index contributed by atoms with van der Waals surface area (Å²) in [5.41, 5.74) is 0.844. The molecule has 1 N–H and O–H groups in total. The van der Waals surface area contributed by atoms with Crippen LogP contribution in [0.15, 0.2) is 76.2 Å². The first-order valence-corrected chi connectivity index (χ1v) is 11.4. The monoisotopic (exact) mass is 493 g/mol. The molecule has 32 heavy (non-hydrogen) atoms. The zero-order valence-corrected chi connectivity index (χ0v) is 18.8. The third-order valence-corrected chi connectivity index (χ3v) is 6.36. The first-order valence-electron chi connectivity index (χ1n) is 9.20. The van der Waals surface area contributed by atoms with Gasteiger partial charge in [0.25, 0.3) is 0 Å². The molecule has 1 aromatic heterocycles. The van der Waals surface area contributed by atoms with Gasteiger partial charge in [-0.05, 0) is 54.1 Å². The summed E-state index contributed by atoms with van der Waals surface area (Å²) in [6.07, 6.45) is 4.04. The number of carbonyl (C=O) groups excluding carboxylic acids is 2. The maximum Gasteiger partial charge on any atom is 0.331 e. The highest BCUT2D eigenvalue weighted by molar-refractivity contribution is 7.89. The number of furan rings is 1. The van der Waals surface area contributed by atoms with Crippen molar-refractivity contribution in [2.75, 3.05) is 6.61 Å². The van der Waals surface area contributed by atoms with E-state index in [0.29, 0.717) is 16.3 Å². The van der Waals surface area contributed by atoms with Gasteiger partial charge in [0.05, 0.1) is 27.7 Å². The Balaban J connectivity index is 1.52. The van der Waals surface area contributed by atoms with Crippen LogP contribution in [0.5, 0.6) is 0 Å². The lowest BCUT2D eigenvalue weighted by atomic mass is 10.1. The van der Waals surface area contributed by atoms with Crippen molar-refractivity contribution in [3.05, 3.63) is 93.9 Å². The highest BCUT2D eigenvalue weighted by Crippen LogP contribution is 2.22. The van der Waals surface area contributed by atoms with Gasteiger partial charge in [0.2, 0.25) is 10.0 Å². The Morgan fingerprint density at radius 3 is 2.44 bits per heavy atom. The number of ketones is 1. The van der Waals surface area contributed by atoms with Crippen molar-refractivity contribution in [3.63, 3.8) is 0 Å². The first kappa shape index (κ1) is 23.7. The summed E-state index contributed by atoms with van der Waals surface area (Å²) in [6, 6.07) is 13.6. The van der Waals surface area contributed by atoms with E-state index in [-0.39, 0.29) is 22.0 Å². The molecule has 0 aliphatic heterocycles. The van der Waals surface area contributed by atoms with Crippen molar-refractivity contribution in [2.24, 2.45) is 0 Å². The van der Waals surface area contributed by atoms with Crippen LogP contribution >= 0.6 is 23.2 Å². The molecule has 0 spiro atoms. The van der Waals surface area contributed by atoms with Crippen molar-refractivity contribution in [1.29, 1.82) is 0 Å². The SMILES string of the molecule is O=C(/C=C/c1ccc(S(=O)(=O)NCc2ccco2)cc1)OCC(=O)c1ccc(Cl)c(Cl)c1. The van der Waals surface area contributed by atoms with Gasteiger partial charge in [-0.15, -0.1) is 0 Å². The van der Waals surface area contributed by atoms with Crippen LogP contribution in [0, 0.1) is 0 Å². The topological polar surface area (TPSA) is 103 Å². The number of Topliss-reactive ketones (excluding diaryl/α,β-unsaturated/α-hetero) is 1. The Bertz CT molecular complexity index is 1240. The summed E-state index contributed by atoms with van der Waals surface area (Å²) in [6.45, 7) is -0.427. The lowest BCUT2D eigenvalue weighted by molar-refractivity contribution is -0.136. The lowest BCUT2D eigenvalue weighted by Crippen LogP contribution is -2.22. The molecule has 0 atom stereocenters. The molecule has 0 saturated carbocycles. The summed E-state index contributed by atoms with van der Waals surface area (Å²) < 4.78 is 37.1. The van der Waals surface area contributed by atoms with Crippen LogP contribution in [0.4, 0.5) is 0 Å². The second-order valence-corrected chi connectivity index (χ2v) is 9.05. The van der Waals surface area contributed by atoms with Crippen LogP contribution < -0.4 is 4.72 Å². The van der Waals surface area contributed by atoms with Gasteiger partial charge >= 0.3 is 5.97 Å². The van der Waals surface area contributed by atoms with Gasteiger partial charge in [-0.1, -0.05) is 35.3 Å². The number of hydrogen-bond donors (Lipinski definition) is 1. The summed E-state index contributed by atoms with van der Waals surface area (Å²) in [4.78, 5) is 24.0. The minimum atomic E-state index is -3.72. The van der Waals surface area contributed by atoms with Crippen molar-refractivity contribution >= 4 is 51.1 Å². The molecule has 0 fully saturated rings. The van der Waals surface area contributed by atoms with E-state index in [0.717, 1.165) is 6.08 Å². The van der Waals surface area contributed by atoms with Crippen molar-refractivity contribution < 1.29 is 27.2 Å². The third-order valence-electron chi connectivity index (χ3n) is 4.21. The second-order valence-electron chi connectivity index (χ2n) is 6.47. The molecule has 0 unspecified atom stereocenters. The summed E-state index contributed by atoms with van der Waals surface area (Å²) in [7, 11) is -3.72. The largest absolute Gasteiger partial charge is 0.468 e. The van der Waals surface area contributed by atoms with Crippen LogP contribution in [-0.2, 0) is 26.1 Å². The highest BCUT2D eigenvalue weighted by atomic mass is 35.5. The average molecular weight is 494 g/mol. The zero-order chi connectivity index (χ0) is 23.1. The number of sulfonamides is 1. The van der Waals surface area contributed by atoms with Crippen LogP contribution in [0.3, 0.4) is 0 Å². The fourth-order valence-electron chi connectivity index (χ4n) is 2.52. The maximum absolute atomic E-state index is 12.3. The van der Waals surface area contributed by atoms with Crippen molar-refractivity contribution in [1.82, 2.24) is 4.72 Å². The standard InChI is InChI=1S/C22H17Cl2NO6S/c23-19-9-6-16(12-20(19)24)21(26)14-31-22(27)10-5-15-3-7-18(8-4-15)32(28,29)25-13-17-2-1-11-30-17/h1-12,25H,13-14H2/b10-5+. The fourth-order valence-corrected chi connectivity index (χ4v) is 3.81. The van der Waals surface area contributed by atoms with E-state index in [1.807, 2.05) is 0 Å². The van der Waals surface area contributed by atoms with Crippen LogP contribution in [-0.4, -0.2) is 26.8 Å². The molecule has 0 radical (unpaired) electrons. The molecule has 0 aliphatic carbocycles. The lowest BCUT2D eigenvalue weighted by Gasteiger charge is -2.06. The van der Waals surface area contributed by atoms with Gasteiger partial charge in [-0.25, -0.2) is 17.9 Å². The van der Waals surface area contributed by atoms with E-state index in [4.69, 9.17) is 32.4 Å². The number of ether oxygens (including phenoxy) is 1. The number of carbonyl (C=O) groups is 2. The van der Waals surface area contributed by atoms with E-state index in [2.05, 4.69) is 4.72 Å². The van der Waals surface area contributed by atoms with Crippen LogP contribution in [0.1, 0.15) is 21.7 Å². The van der Waals surface area contributed by atoms with Crippen molar-refractivity contribution in [2.45, 2.75) is 11.4 Å². The molecule has 0 aliphatic rings. The molecule has 3 rings (SSSR count). The Morgan fingerprint density at radius 2 is 1.78 bits per heavy atom. The molecule has 0 bridgehead atoms. The minimum absolute atomic E-state index is 0.0315. The molecule has 10 heteroatoms. The normalized spacial score (nSPS) is 11.6. The number of benzene rings is 2. The number of hydrogen-bond acceptors (Lipinski definition) is 6. The molecule has 0 saturated heterocycles. The second kappa shape index (κ2) is 10.6.